The van der Waals surface area contributed by atoms with Crippen LogP contribution in [0.25, 0.3) is 0 Å². The van der Waals surface area contributed by atoms with Gasteiger partial charge in [0, 0.05) is 11.3 Å². The van der Waals surface area contributed by atoms with Gasteiger partial charge in [0.25, 0.3) is 5.91 Å². The highest BCUT2D eigenvalue weighted by molar-refractivity contribution is 5.94. The van der Waals surface area contributed by atoms with Crippen molar-refractivity contribution in [3.05, 3.63) is 59.7 Å². The van der Waals surface area contributed by atoms with E-state index in [0.717, 1.165) is 11.3 Å². The number of benzene rings is 2. The van der Waals surface area contributed by atoms with E-state index in [4.69, 9.17) is 10.5 Å². The summed E-state index contributed by atoms with van der Waals surface area (Å²) in [5, 5.41) is 2.82. The second kappa shape index (κ2) is 6.61. The summed E-state index contributed by atoms with van der Waals surface area (Å²) in [5.74, 6) is 0.651. The lowest BCUT2D eigenvalue weighted by atomic mass is 10.1. The van der Waals surface area contributed by atoms with Gasteiger partial charge in [0.1, 0.15) is 12.4 Å². The summed E-state index contributed by atoms with van der Waals surface area (Å²) in [4.78, 5) is 11.9. The predicted molar refractivity (Wildman–Crippen MR) is 79.9 cm³/mol. The quantitative estimate of drug-likeness (QED) is 0.647. The van der Waals surface area contributed by atoms with E-state index in [1.54, 1.807) is 30.3 Å². The SMILES string of the molecule is Cc1cccc(C(=O)NCCOc2ccc(N)cc2)c1. The van der Waals surface area contributed by atoms with Gasteiger partial charge in [0.2, 0.25) is 0 Å². The number of amides is 1. The van der Waals surface area contributed by atoms with Crippen molar-refractivity contribution in [2.24, 2.45) is 0 Å². The number of hydrogen-bond donors (Lipinski definition) is 2. The Bertz CT molecular complexity index is 579. The monoisotopic (exact) mass is 270 g/mol. The van der Waals surface area contributed by atoms with Crippen LogP contribution in [0.5, 0.6) is 5.75 Å². The Morgan fingerprint density at radius 3 is 2.65 bits per heavy atom. The molecule has 0 saturated carbocycles. The molecular formula is C16H18N2O2. The number of nitrogen functional groups attached to an aromatic ring is 1. The maximum atomic E-state index is 11.9. The van der Waals surface area contributed by atoms with Gasteiger partial charge >= 0.3 is 0 Å². The summed E-state index contributed by atoms with van der Waals surface area (Å²) >= 11 is 0. The van der Waals surface area contributed by atoms with Crippen molar-refractivity contribution in [3.8, 4) is 5.75 Å². The summed E-state index contributed by atoms with van der Waals surface area (Å²) in [7, 11) is 0. The fraction of sp³-hybridized carbons (Fsp3) is 0.188. The molecule has 4 heteroatoms. The molecule has 0 aromatic heterocycles. The van der Waals surface area contributed by atoms with Crippen LogP contribution >= 0.6 is 0 Å². The Labute approximate surface area is 118 Å². The maximum Gasteiger partial charge on any atom is 0.251 e. The van der Waals surface area contributed by atoms with Gasteiger partial charge < -0.3 is 15.8 Å². The molecule has 0 spiro atoms. The number of carbonyl (C=O) groups is 1. The van der Waals surface area contributed by atoms with Crippen LogP contribution in [0.1, 0.15) is 15.9 Å². The highest BCUT2D eigenvalue weighted by atomic mass is 16.5. The van der Waals surface area contributed by atoms with Gasteiger partial charge in [-0.3, -0.25) is 4.79 Å². The molecule has 2 aromatic rings. The minimum absolute atomic E-state index is 0.0883. The summed E-state index contributed by atoms with van der Waals surface area (Å²) in [6.07, 6.45) is 0. The average Bonchev–Trinajstić information content (AvgIpc) is 2.45. The van der Waals surface area contributed by atoms with Crippen molar-refractivity contribution in [3.63, 3.8) is 0 Å². The lowest BCUT2D eigenvalue weighted by Gasteiger charge is -2.08. The first-order valence-electron chi connectivity index (χ1n) is 6.48. The molecule has 0 fully saturated rings. The third kappa shape index (κ3) is 4.02. The molecule has 0 heterocycles. The fourth-order valence-corrected chi connectivity index (χ4v) is 1.79. The number of rotatable bonds is 5. The predicted octanol–water partition coefficient (Wildman–Crippen LogP) is 2.39. The number of hydrogen-bond acceptors (Lipinski definition) is 3. The first-order valence-corrected chi connectivity index (χ1v) is 6.48. The van der Waals surface area contributed by atoms with E-state index in [1.807, 2.05) is 25.1 Å². The Morgan fingerprint density at radius 1 is 1.20 bits per heavy atom. The Balaban J connectivity index is 1.76. The molecule has 0 saturated heterocycles. The first kappa shape index (κ1) is 13.9. The zero-order chi connectivity index (χ0) is 14.4. The Kier molecular flexibility index (Phi) is 4.60. The van der Waals surface area contributed by atoms with Gasteiger partial charge in [0.05, 0.1) is 6.54 Å². The fourth-order valence-electron chi connectivity index (χ4n) is 1.79. The maximum absolute atomic E-state index is 11.9. The van der Waals surface area contributed by atoms with Crippen LogP contribution in [-0.2, 0) is 0 Å². The molecule has 0 aliphatic heterocycles. The number of nitrogens with two attached hydrogens (primary N) is 1. The first-order chi connectivity index (χ1) is 9.65. The van der Waals surface area contributed by atoms with Crippen molar-refractivity contribution in [2.45, 2.75) is 6.92 Å². The van der Waals surface area contributed by atoms with Gasteiger partial charge in [0.15, 0.2) is 0 Å². The highest BCUT2D eigenvalue weighted by Crippen LogP contribution is 2.12. The smallest absolute Gasteiger partial charge is 0.251 e. The van der Waals surface area contributed by atoms with Gasteiger partial charge in [-0.05, 0) is 43.3 Å². The lowest BCUT2D eigenvalue weighted by Crippen LogP contribution is -2.28. The molecule has 0 aliphatic rings. The number of nitrogens with one attached hydrogen (secondary N) is 1. The summed E-state index contributed by atoms with van der Waals surface area (Å²) in [5.41, 5.74) is 8.01. The minimum Gasteiger partial charge on any atom is -0.492 e. The van der Waals surface area contributed by atoms with E-state index in [1.165, 1.54) is 0 Å². The van der Waals surface area contributed by atoms with Crippen LogP contribution in [0.15, 0.2) is 48.5 Å². The Hall–Kier alpha value is -2.49. The van der Waals surface area contributed by atoms with E-state index in [9.17, 15) is 4.79 Å². The molecule has 2 rings (SSSR count). The molecule has 3 N–H and O–H groups in total. The lowest BCUT2D eigenvalue weighted by molar-refractivity contribution is 0.0947. The molecule has 104 valence electrons. The van der Waals surface area contributed by atoms with E-state index in [0.29, 0.717) is 24.4 Å². The van der Waals surface area contributed by atoms with Crippen molar-refractivity contribution in [2.75, 3.05) is 18.9 Å². The van der Waals surface area contributed by atoms with Crippen molar-refractivity contribution < 1.29 is 9.53 Å². The molecule has 20 heavy (non-hydrogen) atoms. The second-order valence-corrected chi connectivity index (χ2v) is 4.54. The number of carbonyl (C=O) groups excluding carboxylic acids is 1. The molecule has 2 aromatic carbocycles. The van der Waals surface area contributed by atoms with Gasteiger partial charge in [-0.25, -0.2) is 0 Å². The molecule has 0 unspecified atom stereocenters. The average molecular weight is 270 g/mol. The molecule has 0 radical (unpaired) electrons. The van der Waals surface area contributed by atoms with Crippen LogP contribution in [0.4, 0.5) is 5.69 Å². The van der Waals surface area contributed by atoms with Crippen LogP contribution in [-0.4, -0.2) is 19.1 Å². The van der Waals surface area contributed by atoms with E-state index >= 15 is 0 Å². The third-order valence-electron chi connectivity index (χ3n) is 2.82. The highest BCUT2D eigenvalue weighted by Gasteiger charge is 2.04. The van der Waals surface area contributed by atoms with Crippen molar-refractivity contribution >= 4 is 11.6 Å². The van der Waals surface area contributed by atoms with Crippen molar-refractivity contribution in [1.82, 2.24) is 5.32 Å². The summed E-state index contributed by atoms with van der Waals surface area (Å²) in [6.45, 7) is 2.83. The van der Waals surface area contributed by atoms with Crippen LogP contribution in [0, 0.1) is 6.92 Å². The minimum atomic E-state index is -0.0883. The van der Waals surface area contributed by atoms with Gasteiger partial charge in [-0.2, -0.15) is 0 Å². The molecular weight excluding hydrogens is 252 g/mol. The van der Waals surface area contributed by atoms with Crippen LogP contribution in [0.2, 0.25) is 0 Å². The van der Waals surface area contributed by atoms with Gasteiger partial charge in [-0.15, -0.1) is 0 Å². The topological polar surface area (TPSA) is 64.3 Å². The van der Waals surface area contributed by atoms with E-state index in [2.05, 4.69) is 5.32 Å². The van der Waals surface area contributed by atoms with Crippen molar-refractivity contribution in [1.29, 1.82) is 0 Å². The zero-order valence-electron chi connectivity index (χ0n) is 11.4. The molecule has 0 bridgehead atoms. The Morgan fingerprint density at radius 2 is 1.95 bits per heavy atom. The van der Waals surface area contributed by atoms with Crippen LogP contribution in [0.3, 0.4) is 0 Å². The third-order valence-corrected chi connectivity index (χ3v) is 2.82. The number of aryl methyl sites for hydroxylation is 1. The molecule has 0 atom stereocenters. The normalized spacial score (nSPS) is 10.1. The molecule has 4 nitrogen and oxygen atoms in total. The van der Waals surface area contributed by atoms with E-state index < -0.39 is 0 Å². The van der Waals surface area contributed by atoms with Gasteiger partial charge in [-0.1, -0.05) is 17.7 Å². The summed E-state index contributed by atoms with van der Waals surface area (Å²) in [6, 6.07) is 14.6. The molecule has 0 aliphatic carbocycles. The number of anilines is 1. The second-order valence-electron chi connectivity index (χ2n) is 4.54. The number of ether oxygens (including phenoxy) is 1. The van der Waals surface area contributed by atoms with E-state index in [-0.39, 0.29) is 5.91 Å². The summed E-state index contributed by atoms with van der Waals surface area (Å²) < 4.78 is 5.50. The largest absolute Gasteiger partial charge is 0.492 e. The van der Waals surface area contributed by atoms with Crippen LogP contribution < -0.4 is 15.8 Å². The standard InChI is InChI=1S/C16H18N2O2/c1-12-3-2-4-13(11-12)16(19)18-9-10-20-15-7-5-14(17)6-8-15/h2-8,11H,9-10,17H2,1H3,(H,18,19). The molecule has 1 amide bonds. The zero-order valence-corrected chi connectivity index (χ0v) is 11.4.